The SMILES string of the molecule is CC(=O)Oc1ccc(Cn2c(C)cnc2C)c(Cl)c1. The zero-order valence-electron chi connectivity index (χ0n) is 11.1. The minimum absolute atomic E-state index is 0.356. The zero-order valence-corrected chi connectivity index (χ0v) is 11.9. The fraction of sp³-hybridized carbons (Fsp3) is 0.286. The Morgan fingerprint density at radius 1 is 1.42 bits per heavy atom. The van der Waals surface area contributed by atoms with Crippen molar-refractivity contribution in [2.75, 3.05) is 0 Å². The zero-order chi connectivity index (χ0) is 14.0. The predicted molar refractivity (Wildman–Crippen MR) is 73.6 cm³/mol. The summed E-state index contributed by atoms with van der Waals surface area (Å²) in [5.41, 5.74) is 2.04. The third kappa shape index (κ3) is 3.15. The van der Waals surface area contributed by atoms with E-state index in [1.54, 1.807) is 12.1 Å². The molecule has 0 bridgehead atoms. The van der Waals surface area contributed by atoms with E-state index < -0.39 is 0 Å². The first kappa shape index (κ1) is 13.6. The van der Waals surface area contributed by atoms with E-state index in [4.69, 9.17) is 16.3 Å². The van der Waals surface area contributed by atoms with Gasteiger partial charge in [0.15, 0.2) is 0 Å². The minimum atomic E-state index is -0.356. The molecule has 1 aromatic carbocycles. The van der Waals surface area contributed by atoms with E-state index in [1.165, 1.54) is 6.92 Å². The summed E-state index contributed by atoms with van der Waals surface area (Å²) < 4.78 is 7.07. The van der Waals surface area contributed by atoms with Crippen molar-refractivity contribution in [2.24, 2.45) is 0 Å². The van der Waals surface area contributed by atoms with Gasteiger partial charge in [0.1, 0.15) is 11.6 Å². The van der Waals surface area contributed by atoms with Crippen LogP contribution in [0.25, 0.3) is 0 Å². The molecule has 0 aliphatic rings. The monoisotopic (exact) mass is 278 g/mol. The molecule has 0 aliphatic heterocycles. The Morgan fingerprint density at radius 3 is 2.68 bits per heavy atom. The number of esters is 1. The number of carbonyl (C=O) groups is 1. The highest BCUT2D eigenvalue weighted by Gasteiger charge is 2.08. The maximum absolute atomic E-state index is 10.9. The highest BCUT2D eigenvalue weighted by Crippen LogP contribution is 2.24. The summed E-state index contributed by atoms with van der Waals surface area (Å²) in [4.78, 5) is 15.1. The molecule has 1 aromatic heterocycles. The molecular formula is C14H15ClN2O2. The van der Waals surface area contributed by atoms with E-state index in [1.807, 2.05) is 26.1 Å². The molecule has 5 heteroatoms. The van der Waals surface area contributed by atoms with Crippen LogP contribution in [0.5, 0.6) is 5.75 Å². The summed E-state index contributed by atoms with van der Waals surface area (Å²) in [6.45, 7) is 5.96. The van der Waals surface area contributed by atoms with Crippen molar-refractivity contribution >= 4 is 17.6 Å². The first-order chi connectivity index (χ1) is 8.97. The third-order valence-electron chi connectivity index (χ3n) is 2.87. The van der Waals surface area contributed by atoms with E-state index in [2.05, 4.69) is 9.55 Å². The topological polar surface area (TPSA) is 44.1 Å². The number of hydrogen-bond acceptors (Lipinski definition) is 3. The van der Waals surface area contributed by atoms with Crippen molar-refractivity contribution < 1.29 is 9.53 Å². The Morgan fingerprint density at radius 2 is 2.16 bits per heavy atom. The van der Waals surface area contributed by atoms with Crippen LogP contribution in [0.2, 0.25) is 5.02 Å². The van der Waals surface area contributed by atoms with Crippen LogP contribution < -0.4 is 4.74 Å². The van der Waals surface area contributed by atoms with Gasteiger partial charge >= 0.3 is 5.97 Å². The molecule has 4 nitrogen and oxygen atoms in total. The average molecular weight is 279 g/mol. The normalized spacial score (nSPS) is 10.5. The second kappa shape index (κ2) is 5.45. The summed E-state index contributed by atoms with van der Waals surface area (Å²) in [6, 6.07) is 5.25. The van der Waals surface area contributed by atoms with Gasteiger partial charge in [0, 0.05) is 23.8 Å². The van der Waals surface area contributed by atoms with Gasteiger partial charge in [0.2, 0.25) is 0 Å². The molecule has 0 amide bonds. The number of halogens is 1. The van der Waals surface area contributed by atoms with Gasteiger partial charge < -0.3 is 9.30 Å². The van der Waals surface area contributed by atoms with Gasteiger partial charge in [-0.2, -0.15) is 0 Å². The highest BCUT2D eigenvalue weighted by molar-refractivity contribution is 6.31. The molecule has 0 fully saturated rings. The Bertz CT molecular complexity index is 600. The van der Waals surface area contributed by atoms with Gasteiger partial charge in [-0.1, -0.05) is 17.7 Å². The fourth-order valence-electron chi connectivity index (χ4n) is 1.88. The third-order valence-corrected chi connectivity index (χ3v) is 3.22. The lowest BCUT2D eigenvalue weighted by Gasteiger charge is -2.10. The highest BCUT2D eigenvalue weighted by atomic mass is 35.5. The number of ether oxygens (including phenoxy) is 1. The lowest BCUT2D eigenvalue weighted by atomic mass is 10.2. The minimum Gasteiger partial charge on any atom is -0.427 e. The molecule has 0 saturated heterocycles. The van der Waals surface area contributed by atoms with Crippen LogP contribution in [0.3, 0.4) is 0 Å². The predicted octanol–water partition coefficient (Wildman–Crippen LogP) is 3.13. The maximum atomic E-state index is 10.9. The summed E-state index contributed by atoms with van der Waals surface area (Å²) in [6.07, 6.45) is 1.83. The van der Waals surface area contributed by atoms with Crippen molar-refractivity contribution in [3.63, 3.8) is 0 Å². The Kier molecular flexibility index (Phi) is 3.90. The Balaban J connectivity index is 2.24. The van der Waals surface area contributed by atoms with Crippen molar-refractivity contribution in [2.45, 2.75) is 27.3 Å². The van der Waals surface area contributed by atoms with Gasteiger partial charge in [-0.15, -0.1) is 0 Å². The number of aryl methyl sites for hydroxylation is 2. The maximum Gasteiger partial charge on any atom is 0.308 e. The molecule has 1 heterocycles. The number of imidazole rings is 1. The first-order valence-electron chi connectivity index (χ1n) is 5.93. The number of aromatic nitrogens is 2. The largest absolute Gasteiger partial charge is 0.427 e. The van der Waals surface area contributed by atoms with Crippen LogP contribution in [0.1, 0.15) is 24.0 Å². The van der Waals surface area contributed by atoms with Crippen LogP contribution in [0.15, 0.2) is 24.4 Å². The molecule has 0 aliphatic carbocycles. The second-order valence-electron chi connectivity index (χ2n) is 4.38. The smallest absolute Gasteiger partial charge is 0.308 e. The molecule has 19 heavy (non-hydrogen) atoms. The van der Waals surface area contributed by atoms with Gasteiger partial charge in [0.25, 0.3) is 0 Å². The number of carbonyl (C=O) groups excluding carboxylic acids is 1. The molecule has 100 valence electrons. The van der Waals surface area contributed by atoms with E-state index in [0.717, 1.165) is 17.1 Å². The standard InChI is InChI=1S/C14H15ClN2O2/c1-9-7-16-10(2)17(9)8-12-4-5-13(6-14(12)15)19-11(3)18/h4-7H,8H2,1-3H3. The number of nitrogens with zero attached hydrogens (tertiary/aromatic N) is 2. The van der Waals surface area contributed by atoms with Crippen molar-refractivity contribution in [3.8, 4) is 5.75 Å². The number of benzene rings is 1. The summed E-state index contributed by atoms with van der Waals surface area (Å²) in [7, 11) is 0. The number of rotatable bonds is 3. The number of hydrogen-bond donors (Lipinski definition) is 0. The van der Waals surface area contributed by atoms with Gasteiger partial charge in [0.05, 0.1) is 6.54 Å². The second-order valence-corrected chi connectivity index (χ2v) is 4.79. The lowest BCUT2D eigenvalue weighted by molar-refractivity contribution is -0.131. The van der Waals surface area contributed by atoms with Crippen LogP contribution in [0.4, 0.5) is 0 Å². The Labute approximate surface area is 117 Å². The van der Waals surface area contributed by atoms with E-state index in [-0.39, 0.29) is 5.97 Å². The molecule has 0 unspecified atom stereocenters. The first-order valence-corrected chi connectivity index (χ1v) is 6.30. The molecule has 0 atom stereocenters. The molecule has 2 aromatic rings. The quantitative estimate of drug-likeness (QED) is 0.640. The van der Waals surface area contributed by atoms with Crippen LogP contribution >= 0.6 is 11.6 Å². The van der Waals surface area contributed by atoms with E-state index in [0.29, 0.717) is 17.3 Å². The molecule has 0 radical (unpaired) electrons. The molecular weight excluding hydrogens is 264 g/mol. The van der Waals surface area contributed by atoms with Crippen LogP contribution in [0, 0.1) is 13.8 Å². The summed E-state index contributed by atoms with van der Waals surface area (Å²) in [5, 5.41) is 0.575. The van der Waals surface area contributed by atoms with Gasteiger partial charge in [-0.3, -0.25) is 4.79 Å². The molecule has 0 N–H and O–H groups in total. The fourth-order valence-corrected chi connectivity index (χ4v) is 2.11. The van der Waals surface area contributed by atoms with Gasteiger partial charge in [-0.25, -0.2) is 4.98 Å². The van der Waals surface area contributed by atoms with Crippen LogP contribution in [-0.4, -0.2) is 15.5 Å². The Hall–Kier alpha value is -1.81. The van der Waals surface area contributed by atoms with Gasteiger partial charge in [-0.05, 0) is 31.5 Å². The van der Waals surface area contributed by atoms with Crippen molar-refractivity contribution in [1.29, 1.82) is 0 Å². The van der Waals surface area contributed by atoms with Crippen molar-refractivity contribution in [3.05, 3.63) is 46.5 Å². The van der Waals surface area contributed by atoms with Crippen molar-refractivity contribution in [1.82, 2.24) is 9.55 Å². The average Bonchev–Trinajstić information content (AvgIpc) is 2.63. The summed E-state index contributed by atoms with van der Waals surface area (Å²) in [5.74, 6) is 1.04. The molecule has 0 spiro atoms. The summed E-state index contributed by atoms with van der Waals surface area (Å²) >= 11 is 6.21. The molecule has 2 rings (SSSR count). The van der Waals surface area contributed by atoms with Crippen LogP contribution in [-0.2, 0) is 11.3 Å². The molecule has 0 saturated carbocycles. The lowest BCUT2D eigenvalue weighted by Crippen LogP contribution is -2.05. The van der Waals surface area contributed by atoms with E-state index >= 15 is 0 Å². The van der Waals surface area contributed by atoms with E-state index in [9.17, 15) is 4.79 Å².